The topological polar surface area (TPSA) is 39.4 Å². The molecule has 0 N–H and O–H groups in total. The van der Waals surface area contributed by atoms with Crippen LogP contribution in [0.5, 0.6) is 5.75 Å². The molecule has 0 unspecified atom stereocenters. The first-order chi connectivity index (χ1) is 9.63. The van der Waals surface area contributed by atoms with Crippen LogP contribution in [-0.2, 0) is 0 Å². The number of nitrogens with zero attached hydrogens (tertiary/aromatic N) is 3. The van der Waals surface area contributed by atoms with E-state index in [1.807, 2.05) is 11.3 Å². The van der Waals surface area contributed by atoms with E-state index in [2.05, 4.69) is 9.97 Å². The molecular weight excluding hydrogens is 281 g/mol. The van der Waals surface area contributed by atoms with Gasteiger partial charge in [-0.05, 0) is 19.1 Å². The Morgan fingerprint density at radius 3 is 2.85 bits per heavy atom. The lowest BCUT2D eigenvalue weighted by Gasteiger charge is -2.08. The minimum Gasteiger partial charge on any atom is -0.494 e. The summed E-state index contributed by atoms with van der Waals surface area (Å²) in [4.78, 5) is 8.47. The Morgan fingerprint density at radius 2 is 2.10 bits per heavy atom. The second-order valence-electron chi connectivity index (χ2n) is 4.29. The molecule has 0 bridgehead atoms. The minimum atomic E-state index is -0.576. The lowest BCUT2D eigenvalue weighted by molar-refractivity contribution is 0.387. The number of rotatable bonds is 2. The van der Waals surface area contributed by atoms with Crippen LogP contribution < -0.4 is 4.74 Å². The molecule has 3 aromatic rings. The van der Waals surface area contributed by atoms with Crippen LogP contribution in [0.15, 0.2) is 30.7 Å². The van der Waals surface area contributed by atoms with Crippen molar-refractivity contribution in [2.24, 2.45) is 0 Å². The molecule has 6 heteroatoms. The number of imidazole rings is 1. The van der Waals surface area contributed by atoms with Crippen LogP contribution in [0.4, 0.5) is 4.39 Å². The van der Waals surface area contributed by atoms with E-state index in [1.165, 1.54) is 7.11 Å². The highest BCUT2D eigenvalue weighted by Crippen LogP contribution is 2.34. The van der Waals surface area contributed by atoms with Crippen LogP contribution in [0.25, 0.3) is 16.9 Å². The SMILES string of the molecule is COc1ccc(-c2cnc3c(C)nccn23)c(Cl)c1F. The van der Waals surface area contributed by atoms with Gasteiger partial charge in [-0.15, -0.1) is 0 Å². The molecule has 4 nitrogen and oxygen atoms in total. The van der Waals surface area contributed by atoms with Crippen LogP contribution >= 0.6 is 11.6 Å². The van der Waals surface area contributed by atoms with Crippen LogP contribution in [-0.4, -0.2) is 21.5 Å². The first-order valence-corrected chi connectivity index (χ1v) is 6.32. The molecule has 20 heavy (non-hydrogen) atoms. The highest BCUT2D eigenvalue weighted by molar-refractivity contribution is 6.33. The molecule has 0 fully saturated rings. The quantitative estimate of drug-likeness (QED) is 0.725. The zero-order valence-electron chi connectivity index (χ0n) is 10.9. The third kappa shape index (κ3) is 1.82. The fraction of sp³-hybridized carbons (Fsp3) is 0.143. The molecule has 0 amide bonds. The summed E-state index contributed by atoms with van der Waals surface area (Å²) in [5, 5.41) is 0.0145. The summed E-state index contributed by atoms with van der Waals surface area (Å²) in [6.45, 7) is 1.86. The van der Waals surface area contributed by atoms with E-state index < -0.39 is 5.82 Å². The molecule has 0 aliphatic heterocycles. The maximum absolute atomic E-state index is 14.0. The van der Waals surface area contributed by atoms with E-state index in [9.17, 15) is 4.39 Å². The minimum absolute atomic E-state index is 0.0145. The Hall–Kier alpha value is -2.14. The third-order valence-corrected chi connectivity index (χ3v) is 3.52. The molecule has 0 aliphatic rings. The summed E-state index contributed by atoms with van der Waals surface area (Å²) in [5.74, 6) is -0.460. The van der Waals surface area contributed by atoms with Gasteiger partial charge in [0, 0.05) is 18.0 Å². The summed E-state index contributed by atoms with van der Waals surface area (Å²) < 4.78 is 20.8. The standard InChI is InChI=1S/C14H11ClFN3O/c1-8-14-18-7-10(19(14)6-5-17-8)9-3-4-11(20-2)13(16)12(9)15/h3-7H,1-2H3. The summed E-state index contributed by atoms with van der Waals surface area (Å²) >= 11 is 6.10. The number of halogens is 2. The van der Waals surface area contributed by atoms with Gasteiger partial charge in [0.15, 0.2) is 17.2 Å². The fourth-order valence-electron chi connectivity index (χ4n) is 2.14. The summed E-state index contributed by atoms with van der Waals surface area (Å²) in [6.07, 6.45) is 5.08. The number of ether oxygens (including phenoxy) is 1. The van der Waals surface area contributed by atoms with Crippen molar-refractivity contribution < 1.29 is 9.13 Å². The van der Waals surface area contributed by atoms with Crippen molar-refractivity contribution in [3.05, 3.63) is 47.3 Å². The average molecular weight is 292 g/mol. The highest BCUT2D eigenvalue weighted by atomic mass is 35.5. The molecular formula is C14H11ClFN3O. The molecule has 0 aliphatic carbocycles. The fourth-order valence-corrected chi connectivity index (χ4v) is 2.39. The van der Waals surface area contributed by atoms with Gasteiger partial charge >= 0.3 is 0 Å². The van der Waals surface area contributed by atoms with Gasteiger partial charge in [0.05, 0.1) is 29.7 Å². The molecule has 3 rings (SSSR count). The van der Waals surface area contributed by atoms with Crippen LogP contribution in [0, 0.1) is 12.7 Å². The monoisotopic (exact) mass is 291 g/mol. The maximum Gasteiger partial charge on any atom is 0.184 e. The Bertz CT molecular complexity index is 800. The van der Waals surface area contributed by atoms with Crippen molar-refractivity contribution in [3.8, 4) is 17.0 Å². The zero-order valence-corrected chi connectivity index (χ0v) is 11.6. The molecule has 2 aromatic heterocycles. The molecule has 0 atom stereocenters. The smallest absolute Gasteiger partial charge is 0.184 e. The molecule has 102 valence electrons. The number of aryl methyl sites for hydroxylation is 1. The van der Waals surface area contributed by atoms with Crippen LogP contribution in [0.1, 0.15) is 5.69 Å². The lowest BCUT2D eigenvalue weighted by Crippen LogP contribution is -1.95. The van der Waals surface area contributed by atoms with Gasteiger partial charge in [0.1, 0.15) is 0 Å². The molecule has 0 saturated heterocycles. The van der Waals surface area contributed by atoms with E-state index in [0.717, 1.165) is 11.3 Å². The normalized spacial score (nSPS) is 11.0. The van der Waals surface area contributed by atoms with E-state index in [4.69, 9.17) is 16.3 Å². The van der Waals surface area contributed by atoms with Crippen molar-refractivity contribution in [2.75, 3.05) is 7.11 Å². The van der Waals surface area contributed by atoms with E-state index in [-0.39, 0.29) is 10.8 Å². The van der Waals surface area contributed by atoms with Gasteiger partial charge in [-0.3, -0.25) is 9.38 Å². The Labute approximate surface area is 119 Å². The predicted octanol–water partition coefficient (Wildman–Crippen LogP) is 3.51. The maximum atomic E-state index is 14.0. The Balaban J connectivity index is 2.27. The Kier molecular flexibility index (Phi) is 3.06. The molecule has 0 saturated carbocycles. The number of fused-ring (bicyclic) bond motifs is 1. The number of methoxy groups -OCH3 is 1. The predicted molar refractivity (Wildman–Crippen MR) is 74.7 cm³/mol. The second kappa shape index (κ2) is 4.76. The summed E-state index contributed by atoms with van der Waals surface area (Å²) in [6, 6.07) is 3.26. The van der Waals surface area contributed by atoms with E-state index in [1.54, 1.807) is 30.7 Å². The summed E-state index contributed by atoms with van der Waals surface area (Å²) in [7, 11) is 1.40. The van der Waals surface area contributed by atoms with Crippen LogP contribution in [0.3, 0.4) is 0 Å². The number of hydrogen-bond donors (Lipinski definition) is 0. The number of hydrogen-bond acceptors (Lipinski definition) is 3. The van der Waals surface area contributed by atoms with Crippen molar-refractivity contribution in [1.82, 2.24) is 14.4 Å². The lowest BCUT2D eigenvalue weighted by atomic mass is 10.1. The van der Waals surface area contributed by atoms with Gasteiger partial charge in [-0.25, -0.2) is 9.37 Å². The number of aromatic nitrogens is 3. The Morgan fingerprint density at radius 1 is 1.30 bits per heavy atom. The molecule has 1 aromatic carbocycles. The van der Waals surface area contributed by atoms with E-state index >= 15 is 0 Å². The summed E-state index contributed by atoms with van der Waals surface area (Å²) in [5.41, 5.74) is 2.78. The molecule has 0 radical (unpaired) electrons. The van der Waals surface area contributed by atoms with Gasteiger partial charge in [-0.1, -0.05) is 11.6 Å². The van der Waals surface area contributed by atoms with Crippen molar-refractivity contribution in [2.45, 2.75) is 6.92 Å². The second-order valence-corrected chi connectivity index (χ2v) is 4.67. The van der Waals surface area contributed by atoms with Gasteiger partial charge in [0.2, 0.25) is 0 Å². The van der Waals surface area contributed by atoms with E-state index in [0.29, 0.717) is 11.3 Å². The third-order valence-electron chi connectivity index (χ3n) is 3.15. The first kappa shape index (κ1) is 12.9. The van der Waals surface area contributed by atoms with Gasteiger partial charge in [0.25, 0.3) is 0 Å². The van der Waals surface area contributed by atoms with Crippen LogP contribution in [0.2, 0.25) is 5.02 Å². The average Bonchev–Trinajstić information content (AvgIpc) is 2.87. The van der Waals surface area contributed by atoms with Crippen molar-refractivity contribution in [1.29, 1.82) is 0 Å². The van der Waals surface area contributed by atoms with Crippen molar-refractivity contribution >= 4 is 17.2 Å². The molecule has 0 spiro atoms. The zero-order chi connectivity index (χ0) is 14.3. The first-order valence-electron chi connectivity index (χ1n) is 5.94. The highest BCUT2D eigenvalue weighted by Gasteiger charge is 2.16. The number of benzene rings is 1. The van der Waals surface area contributed by atoms with Gasteiger partial charge < -0.3 is 4.74 Å². The largest absolute Gasteiger partial charge is 0.494 e. The van der Waals surface area contributed by atoms with Gasteiger partial charge in [-0.2, -0.15) is 0 Å². The van der Waals surface area contributed by atoms with Crippen molar-refractivity contribution in [3.63, 3.8) is 0 Å². The molecule has 2 heterocycles.